The lowest BCUT2D eigenvalue weighted by atomic mass is 9.94. The number of aromatic nitrogens is 2. The lowest BCUT2D eigenvalue weighted by Crippen LogP contribution is -2.25. The summed E-state index contributed by atoms with van der Waals surface area (Å²) in [5, 5.41) is 3.44. The fourth-order valence-corrected chi connectivity index (χ4v) is 2.73. The summed E-state index contributed by atoms with van der Waals surface area (Å²) in [7, 11) is 0. The normalized spacial score (nSPS) is 25.3. The topological polar surface area (TPSA) is 17.8 Å². The molecule has 0 amide bonds. The lowest BCUT2D eigenvalue weighted by Gasteiger charge is -2.21. The molecule has 7 heteroatoms. The van der Waals surface area contributed by atoms with Crippen molar-refractivity contribution in [3.8, 4) is 0 Å². The van der Waals surface area contributed by atoms with E-state index in [1.165, 1.54) is 13.8 Å². The Morgan fingerprint density at radius 3 is 2.25 bits per heavy atom. The van der Waals surface area contributed by atoms with Gasteiger partial charge < -0.3 is 0 Å². The summed E-state index contributed by atoms with van der Waals surface area (Å²) < 4.78 is 68.5. The summed E-state index contributed by atoms with van der Waals surface area (Å²) in [6.07, 6.45) is -4.71. The highest BCUT2D eigenvalue weighted by Gasteiger charge is 2.57. The molecule has 0 fully saturated rings. The maximum absolute atomic E-state index is 14.3. The first kappa shape index (κ1) is 15.3. The van der Waals surface area contributed by atoms with Crippen LogP contribution in [0.15, 0.2) is 0 Å². The number of hydrogen-bond acceptors (Lipinski definition) is 1. The zero-order valence-corrected chi connectivity index (χ0v) is 11.7. The standard InChI is InChI=1S/C13H17F5N2/c1-6(2)5-20-11-9(10(19-20)13(16,17)18)7(3)8(4)12(11,14)15/h6-8H,5H2,1-4H3/t7-,8+/m0/s1. The summed E-state index contributed by atoms with van der Waals surface area (Å²) in [6, 6.07) is 0. The minimum atomic E-state index is -4.71. The maximum atomic E-state index is 14.3. The van der Waals surface area contributed by atoms with E-state index in [1.54, 1.807) is 13.8 Å². The minimum absolute atomic E-state index is 0.0491. The van der Waals surface area contributed by atoms with Gasteiger partial charge in [0, 0.05) is 18.0 Å². The van der Waals surface area contributed by atoms with Crippen LogP contribution in [-0.2, 0) is 18.6 Å². The molecule has 114 valence electrons. The van der Waals surface area contributed by atoms with E-state index < -0.39 is 35.3 Å². The third-order valence-corrected chi connectivity index (χ3v) is 3.89. The first-order valence-electron chi connectivity index (χ1n) is 6.54. The number of fused-ring (bicyclic) bond motifs is 1. The summed E-state index contributed by atoms with van der Waals surface area (Å²) in [5.74, 6) is -5.37. The molecular weight excluding hydrogens is 279 g/mol. The Hall–Kier alpha value is -1.14. The molecule has 2 rings (SSSR count). The Bertz CT molecular complexity index is 516. The monoisotopic (exact) mass is 296 g/mol. The fourth-order valence-electron chi connectivity index (χ4n) is 2.73. The van der Waals surface area contributed by atoms with Crippen molar-refractivity contribution in [2.45, 2.75) is 52.3 Å². The smallest absolute Gasteiger partial charge is 0.262 e. The average molecular weight is 296 g/mol. The van der Waals surface area contributed by atoms with E-state index in [-0.39, 0.29) is 18.0 Å². The Morgan fingerprint density at radius 2 is 1.80 bits per heavy atom. The molecule has 0 spiro atoms. The molecule has 0 aromatic carbocycles. The highest BCUT2D eigenvalue weighted by Crippen LogP contribution is 2.55. The molecule has 0 N–H and O–H groups in total. The van der Waals surface area contributed by atoms with Crippen LogP contribution in [0.1, 0.15) is 50.6 Å². The van der Waals surface area contributed by atoms with Gasteiger partial charge in [0.05, 0.1) is 0 Å². The van der Waals surface area contributed by atoms with Gasteiger partial charge in [0.15, 0.2) is 5.69 Å². The van der Waals surface area contributed by atoms with Gasteiger partial charge in [-0.2, -0.15) is 27.1 Å². The molecule has 2 atom stereocenters. The third-order valence-electron chi connectivity index (χ3n) is 3.89. The Labute approximate surface area is 114 Å². The summed E-state index contributed by atoms with van der Waals surface area (Å²) >= 11 is 0. The minimum Gasteiger partial charge on any atom is -0.262 e. The lowest BCUT2D eigenvalue weighted by molar-refractivity contribution is -0.142. The number of alkyl halides is 5. The largest absolute Gasteiger partial charge is 0.435 e. The van der Waals surface area contributed by atoms with Crippen LogP contribution in [0.3, 0.4) is 0 Å². The highest BCUT2D eigenvalue weighted by molar-refractivity contribution is 5.40. The van der Waals surface area contributed by atoms with Gasteiger partial charge in [-0.1, -0.05) is 27.7 Å². The van der Waals surface area contributed by atoms with Gasteiger partial charge >= 0.3 is 6.18 Å². The van der Waals surface area contributed by atoms with Crippen molar-refractivity contribution in [1.29, 1.82) is 0 Å². The summed E-state index contributed by atoms with van der Waals surface area (Å²) in [4.78, 5) is 0. The SMILES string of the molecule is CC(C)Cn1nc(C(F)(F)F)c2c1C(F)(F)[C@H](C)[C@@H]2C. The summed E-state index contributed by atoms with van der Waals surface area (Å²) in [5.41, 5.74) is -2.06. The van der Waals surface area contributed by atoms with Crippen LogP contribution in [0.5, 0.6) is 0 Å². The van der Waals surface area contributed by atoms with Crippen LogP contribution in [-0.4, -0.2) is 9.78 Å². The Balaban J connectivity index is 2.68. The van der Waals surface area contributed by atoms with Crippen LogP contribution in [0, 0.1) is 11.8 Å². The Morgan fingerprint density at radius 1 is 1.25 bits per heavy atom. The molecule has 2 nitrogen and oxygen atoms in total. The van der Waals surface area contributed by atoms with E-state index >= 15 is 0 Å². The van der Waals surface area contributed by atoms with E-state index in [2.05, 4.69) is 5.10 Å². The van der Waals surface area contributed by atoms with Crippen molar-refractivity contribution in [3.63, 3.8) is 0 Å². The third kappa shape index (κ3) is 2.11. The van der Waals surface area contributed by atoms with Gasteiger partial charge in [-0.05, 0) is 11.8 Å². The molecule has 0 saturated carbocycles. The first-order valence-corrected chi connectivity index (χ1v) is 6.54. The quantitative estimate of drug-likeness (QED) is 0.739. The van der Waals surface area contributed by atoms with Crippen molar-refractivity contribution in [1.82, 2.24) is 9.78 Å². The molecule has 0 saturated heterocycles. The highest BCUT2D eigenvalue weighted by atomic mass is 19.4. The number of nitrogens with zero attached hydrogens (tertiary/aromatic N) is 2. The molecule has 1 heterocycles. The predicted molar refractivity (Wildman–Crippen MR) is 63.5 cm³/mol. The van der Waals surface area contributed by atoms with E-state index in [9.17, 15) is 22.0 Å². The van der Waals surface area contributed by atoms with Gasteiger partial charge in [-0.25, -0.2) is 0 Å². The van der Waals surface area contributed by atoms with Crippen LogP contribution in [0.4, 0.5) is 22.0 Å². The summed E-state index contributed by atoms with van der Waals surface area (Å²) in [6.45, 7) is 6.24. The van der Waals surface area contributed by atoms with Gasteiger partial charge in [0.25, 0.3) is 5.92 Å². The number of halogens is 5. The predicted octanol–water partition coefficient (Wildman–Crippen LogP) is 4.40. The Kier molecular flexibility index (Phi) is 3.38. The zero-order valence-electron chi connectivity index (χ0n) is 11.7. The van der Waals surface area contributed by atoms with E-state index in [1.807, 2.05) is 0 Å². The van der Waals surface area contributed by atoms with Crippen LogP contribution >= 0.6 is 0 Å². The van der Waals surface area contributed by atoms with E-state index in [4.69, 9.17) is 0 Å². The van der Waals surface area contributed by atoms with Gasteiger partial charge in [-0.15, -0.1) is 0 Å². The molecule has 1 aliphatic rings. The molecule has 1 aromatic rings. The van der Waals surface area contributed by atoms with Crippen molar-refractivity contribution in [2.75, 3.05) is 0 Å². The van der Waals surface area contributed by atoms with E-state index in [0.717, 1.165) is 4.68 Å². The van der Waals surface area contributed by atoms with Crippen LogP contribution < -0.4 is 0 Å². The molecule has 20 heavy (non-hydrogen) atoms. The second-order valence-corrected chi connectivity index (χ2v) is 5.88. The average Bonchev–Trinajstić information content (AvgIpc) is 2.71. The van der Waals surface area contributed by atoms with Crippen LogP contribution in [0.2, 0.25) is 0 Å². The molecule has 1 aromatic heterocycles. The van der Waals surface area contributed by atoms with Gasteiger partial charge in [0.2, 0.25) is 0 Å². The molecule has 0 radical (unpaired) electrons. The molecule has 0 unspecified atom stereocenters. The molecule has 0 bridgehead atoms. The van der Waals surface area contributed by atoms with Crippen molar-refractivity contribution in [3.05, 3.63) is 17.0 Å². The van der Waals surface area contributed by atoms with Gasteiger partial charge in [0.1, 0.15) is 5.69 Å². The van der Waals surface area contributed by atoms with Crippen molar-refractivity contribution in [2.24, 2.45) is 11.8 Å². The number of hydrogen-bond donors (Lipinski definition) is 0. The fraction of sp³-hybridized carbons (Fsp3) is 0.769. The van der Waals surface area contributed by atoms with E-state index in [0.29, 0.717) is 0 Å². The molecule has 1 aliphatic carbocycles. The van der Waals surface area contributed by atoms with Crippen LogP contribution in [0.25, 0.3) is 0 Å². The second kappa shape index (κ2) is 4.43. The van der Waals surface area contributed by atoms with Crippen molar-refractivity contribution >= 4 is 0 Å². The first-order chi connectivity index (χ1) is 8.98. The maximum Gasteiger partial charge on any atom is 0.435 e. The van der Waals surface area contributed by atoms with Crippen molar-refractivity contribution < 1.29 is 22.0 Å². The zero-order chi connectivity index (χ0) is 15.5. The van der Waals surface area contributed by atoms with Gasteiger partial charge in [-0.3, -0.25) is 4.68 Å². The number of rotatable bonds is 2. The molecule has 0 aliphatic heterocycles. The molecular formula is C13H17F5N2. The second-order valence-electron chi connectivity index (χ2n) is 5.88.